The van der Waals surface area contributed by atoms with Crippen molar-refractivity contribution in [3.8, 4) is 0 Å². The van der Waals surface area contributed by atoms with Crippen LogP contribution in [-0.2, 0) is 15.0 Å². The van der Waals surface area contributed by atoms with Crippen molar-refractivity contribution in [3.05, 3.63) is 64.7 Å². The molecule has 2 aromatic carbocycles. The molecule has 0 radical (unpaired) electrons. The molecule has 0 aliphatic carbocycles. The zero-order chi connectivity index (χ0) is 19.3. The molecular formula is C21H23ClN2O2. The van der Waals surface area contributed by atoms with Crippen molar-refractivity contribution in [1.29, 1.82) is 0 Å². The monoisotopic (exact) mass is 370 g/mol. The summed E-state index contributed by atoms with van der Waals surface area (Å²) in [6, 6.07) is 13.0. The van der Waals surface area contributed by atoms with Gasteiger partial charge in [-0.1, -0.05) is 56.6 Å². The quantitative estimate of drug-likeness (QED) is 0.722. The third kappa shape index (κ3) is 5.74. The molecule has 2 rings (SSSR count). The van der Waals surface area contributed by atoms with Gasteiger partial charge in [0.05, 0.1) is 10.7 Å². The Labute approximate surface area is 159 Å². The molecule has 26 heavy (non-hydrogen) atoms. The minimum atomic E-state index is -0.279. The summed E-state index contributed by atoms with van der Waals surface area (Å²) in [6.07, 6.45) is 3.21. The first-order valence-corrected chi connectivity index (χ1v) is 8.70. The highest BCUT2D eigenvalue weighted by Gasteiger charge is 2.12. The van der Waals surface area contributed by atoms with Crippen LogP contribution in [0.5, 0.6) is 0 Å². The number of anilines is 2. The molecule has 0 bridgehead atoms. The van der Waals surface area contributed by atoms with Gasteiger partial charge in [-0.25, -0.2) is 0 Å². The van der Waals surface area contributed by atoms with Crippen LogP contribution in [0.3, 0.4) is 0 Å². The number of benzene rings is 2. The summed E-state index contributed by atoms with van der Waals surface area (Å²) in [5, 5.41) is 5.72. The number of carbonyl (C=O) groups excluding carboxylic acids is 2. The summed E-state index contributed by atoms with van der Waals surface area (Å²) in [7, 11) is 0. The highest BCUT2D eigenvalue weighted by atomic mass is 35.5. The summed E-state index contributed by atoms with van der Waals surface area (Å²) in [5.41, 5.74) is 3.35. The van der Waals surface area contributed by atoms with E-state index in [9.17, 15) is 9.59 Å². The Balaban J connectivity index is 2.02. The second-order valence-electron chi connectivity index (χ2n) is 7.07. The van der Waals surface area contributed by atoms with E-state index >= 15 is 0 Å². The van der Waals surface area contributed by atoms with E-state index in [-0.39, 0.29) is 17.2 Å². The average Bonchev–Trinajstić information content (AvgIpc) is 2.54. The van der Waals surface area contributed by atoms with E-state index in [1.807, 2.05) is 12.1 Å². The molecule has 5 heteroatoms. The van der Waals surface area contributed by atoms with Gasteiger partial charge in [-0.3, -0.25) is 9.59 Å². The summed E-state index contributed by atoms with van der Waals surface area (Å²) in [5.74, 6) is -0.461. The highest BCUT2D eigenvalue weighted by Crippen LogP contribution is 2.26. The predicted molar refractivity (Wildman–Crippen MR) is 109 cm³/mol. The van der Waals surface area contributed by atoms with Crippen LogP contribution >= 0.6 is 11.6 Å². The number of amides is 2. The molecule has 0 spiro atoms. The SMILES string of the molecule is CC(=O)Nc1ccc(NC(=O)/C=C/c2ccc(C(C)(C)C)cc2)c(Cl)c1. The van der Waals surface area contributed by atoms with Crippen LogP contribution in [0.15, 0.2) is 48.5 Å². The molecule has 0 unspecified atom stereocenters. The molecule has 0 heterocycles. The number of hydrogen-bond donors (Lipinski definition) is 2. The Bertz CT molecular complexity index is 834. The van der Waals surface area contributed by atoms with Crippen molar-refractivity contribution < 1.29 is 9.59 Å². The lowest BCUT2D eigenvalue weighted by atomic mass is 9.87. The molecule has 2 amide bonds. The van der Waals surface area contributed by atoms with Crippen molar-refractivity contribution in [3.63, 3.8) is 0 Å². The fourth-order valence-corrected chi connectivity index (χ4v) is 2.57. The zero-order valence-electron chi connectivity index (χ0n) is 15.4. The van der Waals surface area contributed by atoms with Crippen molar-refractivity contribution in [2.45, 2.75) is 33.1 Å². The lowest BCUT2D eigenvalue weighted by Gasteiger charge is -2.18. The standard InChI is InChI=1S/C21H23ClN2O2/c1-14(25)23-17-10-11-19(18(22)13-17)24-20(26)12-7-15-5-8-16(9-6-15)21(2,3)4/h5-13H,1-4H3,(H,23,25)(H,24,26)/b12-7+. The molecule has 0 saturated heterocycles. The van der Waals surface area contributed by atoms with E-state index in [0.29, 0.717) is 16.4 Å². The van der Waals surface area contributed by atoms with Gasteiger partial charge >= 0.3 is 0 Å². The molecule has 2 aromatic rings. The largest absolute Gasteiger partial charge is 0.326 e. The van der Waals surface area contributed by atoms with Crippen LogP contribution in [0.2, 0.25) is 5.02 Å². The Morgan fingerprint density at radius 2 is 1.65 bits per heavy atom. The summed E-state index contributed by atoms with van der Waals surface area (Å²) in [4.78, 5) is 23.2. The smallest absolute Gasteiger partial charge is 0.248 e. The normalized spacial score (nSPS) is 11.4. The van der Waals surface area contributed by atoms with Gasteiger partial charge < -0.3 is 10.6 Å². The third-order valence-electron chi connectivity index (χ3n) is 3.75. The van der Waals surface area contributed by atoms with Gasteiger partial charge in [0.2, 0.25) is 11.8 Å². The summed E-state index contributed by atoms with van der Waals surface area (Å²) >= 11 is 6.14. The van der Waals surface area contributed by atoms with Crippen LogP contribution < -0.4 is 10.6 Å². The fourth-order valence-electron chi connectivity index (χ4n) is 2.34. The van der Waals surface area contributed by atoms with E-state index in [1.54, 1.807) is 24.3 Å². The van der Waals surface area contributed by atoms with E-state index < -0.39 is 0 Å². The first kappa shape index (κ1) is 19.7. The van der Waals surface area contributed by atoms with Gasteiger partial charge in [0.15, 0.2) is 0 Å². The van der Waals surface area contributed by atoms with E-state index in [1.165, 1.54) is 18.6 Å². The zero-order valence-corrected chi connectivity index (χ0v) is 16.1. The van der Waals surface area contributed by atoms with E-state index in [4.69, 9.17) is 11.6 Å². The lowest BCUT2D eigenvalue weighted by Crippen LogP contribution is -2.10. The summed E-state index contributed by atoms with van der Waals surface area (Å²) in [6.45, 7) is 7.90. The van der Waals surface area contributed by atoms with E-state index in [0.717, 1.165) is 5.56 Å². The number of carbonyl (C=O) groups is 2. The number of hydrogen-bond acceptors (Lipinski definition) is 2. The molecule has 0 aliphatic rings. The van der Waals surface area contributed by atoms with Crippen molar-refractivity contribution in [2.24, 2.45) is 0 Å². The van der Waals surface area contributed by atoms with Crippen molar-refractivity contribution in [1.82, 2.24) is 0 Å². The molecule has 0 aromatic heterocycles. The van der Waals surface area contributed by atoms with Gasteiger partial charge in [0.25, 0.3) is 0 Å². The van der Waals surface area contributed by atoms with Gasteiger partial charge in [0, 0.05) is 18.7 Å². The molecule has 136 valence electrons. The first-order valence-electron chi connectivity index (χ1n) is 8.32. The van der Waals surface area contributed by atoms with Crippen LogP contribution in [0, 0.1) is 0 Å². The van der Waals surface area contributed by atoms with Gasteiger partial charge in [-0.15, -0.1) is 0 Å². The van der Waals surface area contributed by atoms with Gasteiger partial charge in [0.1, 0.15) is 0 Å². The predicted octanol–water partition coefficient (Wildman–Crippen LogP) is 5.25. The van der Waals surface area contributed by atoms with Crippen LogP contribution in [0.1, 0.15) is 38.8 Å². The maximum atomic E-state index is 12.1. The van der Waals surface area contributed by atoms with Gasteiger partial charge in [-0.2, -0.15) is 0 Å². The topological polar surface area (TPSA) is 58.2 Å². The average molecular weight is 371 g/mol. The Kier molecular flexibility index (Phi) is 6.22. The molecular weight excluding hydrogens is 348 g/mol. The Morgan fingerprint density at radius 1 is 1.00 bits per heavy atom. The van der Waals surface area contributed by atoms with Crippen molar-refractivity contribution in [2.75, 3.05) is 10.6 Å². The molecule has 0 aliphatic heterocycles. The second-order valence-corrected chi connectivity index (χ2v) is 7.48. The molecule has 0 atom stereocenters. The first-order chi connectivity index (χ1) is 12.1. The van der Waals surface area contributed by atoms with Gasteiger partial charge in [-0.05, 0) is 40.8 Å². The van der Waals surface area contributed by atoms with Crippen LogP contribution in [0.25, 0.3) is 6.08 Å². The maximum absolute atomic E-state index is 12.1. The van der Waals surface area contributed by atoms with E-state index in [2.05, 4.69) is 43.5 Å². The lowest BCUT2D eigenvalue weighted by molar-refractivity contribution is -0.114. The maximum Gasteiger partial charge on any atom is 0.248 e. The highest BCUT2D eigenvalue weighted by molar-refractivity contribution is 6.34. The third-order valence-corrected chi connectivity index (χ3v) is 4.06. The van der Waals surface area contributed by atoms with Crippen molar-refractivity contribution >= 4 is 40.9 Å². The van der Waals surface area contributed by atoms with Crippen LogP contribution in [-0.4, -0.2) is 11.8 Å². The molecule has 0 fully saturated rings. The number of nitrogens with one attached hydrogen (secondary N) is 2. The van der Waals surface area contributed by atoms with Crippen LogP contribution in [0.4, 0.5) is 11.4 Å². The second kappa shape index (κ2) is 8.19. The number of halogens is 1. The summed E-state index contributed by atoms with van der Waals surface area (Å²) < 4.78 is 0. The minimum Gasteiger partial charge on any atom is -0.326 e. The Morgan fingerprint density at radius 3 is 2.19 bits per heavy atom. The Hall–Kier alpha value is -2.59. The molecule has 2 N–H and O–H groups in total. The number of rotatable bonds is 4. The fraction of sp³-hybridized carbons (Fsp3) is 0.238. The minimum absolute atomic E-state index is 0.0970. The molecule has 4 nitrogen and oxygen atoms in total. The molecule has 0 saturated carbocycles.